The van der Waals surface area contributed by atoms with Crippen molar-refractivity contribution in [2.75, 3.05) is 16.6 Å². The Bertz CT molecular complexity index is 1190. The smallest absolute Gasteiger partial charge is 0.251 e. The van der Waals surface area contributed by atoms with E-state index >= 15 is 0 Å². The predicted octanol–water partition coefficient (Wildman–Crippen LogP) is 2.82. The number of hydrogen-bond acceptors (Lipinski definition) is 5. The third-order valence-corrected chi connectivity index (χ3v) is 7.53. The molecule has 0 spiro atoms. The zero-order chi connectivity index (χ0) is 22.0. The van der Waals surface area contributed by atoms with E-state index in [0.717, 1.165) is 17.5 Å². The van der Waals surface area contributed by atoms with Gasteiger partial charge in [0.25, 0.3) is 5.91 Å². The van der Waals surface area contributed by atoms with Crippen LogP contribution in [0.3, 0.4) is 0 Å². The summed E-state index contributed by atoms with van der Waals surface area (Å²) in [5, 5.41) is 11.5. The van der Waals surface area contributed by atoms with E-state index in [0.29, 0.717) is 30.8 Å². The van der Waals surface area contributed by atoms with Crippen molar-refractivity contribution in [1.82, 2.24) is 20.3 Å². The monoisotopic (exact) mass is 441 g/mol. The van der Waals surface area contributed by atoms with E-state index in [-0.39, 0.29) is 23.6 Å². The van der Waals surface area contributed by atoms with E-state index in [1.54, 1.807) is 28.9 Å². The Morgan fingerprint density at radius 1 is 1.13 bits per heavy atom. The zero-order valence-electron chi connectivity index (χ0n) is 17.7. The van der Waals surface area contributed by atoms with Crippen LogP contribution in [0.15, 0.2) is 48.5 Å². The second kappa shape index (κ2) is 8.66. The average molecular weight is 442 g/mol. The van der Waals surface area contributed by atoms with Crippen molar-refractivity contribution in [3.05, 3.63) is 54.1 Å². The third kappa shape index (κ3) is 4.56. The van der Waals surface area contributed by atoms with Crippen molar-refractivity contribution in [3.63, 3.8) is 0 Å². The molecule has 1 aromatic heterocycles. The predicted molar refractivity (Wildman–Crippen MR) is 120 cm³/mol. The number of carbonyl (C=O) groups excluding carboxylic acids is 1. The largest absolute Gasteiger partial charge is 0.347 e. The van der Waals surface area contributed by atoms with Gasteiger partial charge < -0.3 is 5.32 Å². The molecule has 0 unspecified atom stereocenters. The molecule has 3 aromatic rings. The number of benzene rings is 2. The lowest BCUT2D eigenvalue weighted by molar-refractivity contribution is 0.0919. The van der Waals surface area contributed by atoms with Crippen LogP contribution < -0.4 is 9.62 Å². The quantitative estimate of drug-likeness (QED) is 0.634. The van der Waals surface area contributed by atoms with Crippen LogP contribution in [0.2, 0.25) is 0 Å². The first-order valence-electron chi connectivity index (χ1n) is 10.5. The van der Waals surface area contributed by atoms with Crippen LogP contribution in [0.5, 0.6) is 0 Å². The lowest BCUT2D eigenvalue weighted by atomic mass is 10.0. The summed E-state index contributed by atoms with van der Waals surface area (Å²) >= 11 is 0. The van der Waals surface area contributed by atoms with Gasteiger partial charge in [-0.3, -0.25) is 9.10 Å². The van der Waals surface area contributed by atoms with Crippen molar-refractivity contribution in [3.8, 4) is 0 Å². The van der Waals surface area contributed by atoms with Crippen molar-refractivity contribution >= 4 is 32.7 Å². The highest BCUT2D eigenvalue weighted by atomic mass is 32.2. The summed E-state index contributed by atoms with van der Waals surface area (Å²) in [7, 11) is -3.33. The van der Waals surface area contributed by atoms with Crippen molar-refractivity contribution in [2.24, 2.45) is 5.92 Å². The molecule has 4 rings (SSSR count). The summed E-state index contributed by atoms with van der Waals surface area (Å²) in [6.07, 6.45) is 1.49. The number of sulfonamides is 1. The van der Waals surface area contributed by atoms with E-state index < -0.39 is 10.0 Å². The molecule has 0 aliphatic carbocycles. The van der Waals surface area contributed by atoms with Crippen molar-refractivity contribution in [2.45, 2.75) is 39.3 Å². The molecule has 1 aliphatic rings. The van der Waals surface area contributed by atoms with E-state index in [1.807, 2.05) is 38.1 Å². The van der Waals surface area contributed by atoms with E-state index in [2.05, 4.69) is 15.6 Å². The first kappa shape index (κ1) is 21.3. The van der Waals surface area contributed by atoms with Gasteiger partial charge in [-0.2, -0.15) is 0 Å². The Hall–Kier alpha value is -2.94. The van der Waals surface area contributed by atoms with Gasteiger partial charge >= 0.3 is 0 Å². The minimum absolute atomic E-state index is 0.144. The maximum absolute atomic E-state index is 13.0. The summed E-state index contributed by atoms with van der Waals surface area (Å²) in [5.41, 5.74) is 2.70. The molecule has 0 bridgehead atoms. The Morgan fingerprint density at radius 3 is 2.71 bits per heavy atom. The minimum Gasteiger partial charge on any atom is -0.347 e. The van der Waals surface area contributed by atoms with Crippen LogP contribution in [0.4, 0.5) is 5.69 Å². The molecule has 1 N–H and O–H groups in total. The maximum atomic E-state index is 13.0. The normalized spacial score (nSPS) is 17.1. The second-order valence-corrected chi connectivity index (χ2v) is 10.2. The number of anilines is 1. The molecule has 1 atom stereocenters. The topological polar surface area (TPSA) is 97.2 Å². The molecule has 0 radical (unpaired) electrons. The number of para-hydroxylation sites is 1. The maximum Gasteiger partial charge on any atom is 0.251 e. The Labute approximate surface area is 182 Å². The summed E-state index contributed by atoms with van der Waals surface area (Å²) in [4.78, 5) is 13.0. The molecule has 0 saturated carbocycles. The molecule has 8 nitrogen and oxygen atoms in total. The van der Waals surface area contributed by atoms with Crippen LogP contribution >= 0.6 is 0 Å². The van der Waals surface area contributed by atoms with Gasteiger partial charge in [0.1, 0.15) is 5.52 Å². The molecular weight excluding hydrogens is 414 g/mol. The van der Waals surface area contributed by atoms with Gasteiger partial charge in [0.05, 0.1) is 29.5 Å². The molecule has 31 heavy (non-hydrogen) atoms. The zero-order valence-corrected chi connectivity index (χ0v) is 18.5. The lowest BCUT2D eigenvalue weighted by Crippen LogP contribution is -2.42. The molecule has 9 heteroatoms. The van der Waals surface area contributed by atoms with E-state index in [9.17, 15) is 13.2 Å². The molecule has 1 fully saturated rings. The highest BCUT2D eigenvalue weighted by molar-refractivity contribution is 7.92. The SMILES string of the molecule is CC(C)[C@@H](Cn1nnc2ccccc21)NC(=O)c1cccc(N2CCCCS2(=O)=O)c1. The number of carbonyl (C=O) groups is 1. The fourth-order valence-electron chi connectivity index (χ4n) is 3.79. The molecule has 2 heterocycles. The standard InChI is InChI=1S/C22H27N5O3S/c1-16(2)20(15-26-21-11-4-3-10-19(21)24-25-26)23-22(28)17-8-7-9-18(14-17)27-12-5-6-13-31(27,29)30/h3-4,7-11,14,16,20H,5-6,12-13,15H2,1-2H3,(H,23,28)/t20-/m1/s1. The van der Waals surface area contributed by atoms with Crippen molar-refractivity contribution < 1.29 is 13.2 Å². The lowest BCUT2D eigenvalue weighted by Gasteiger charge is -2.28. The minimum atomic E-state index is -3.33. The molecule has 1 amide bonds. The van der Waals surface area contributed by atoms with Crippen molar-refractivity contribution in [1.29, 1.82) is 0 Å². The number of rotatable bonds is 6. The van der Waals surface area contributed by atoms with E-state index in [1.165, 1.54) is 4.31 Å². The first-order chi connectivity index (χ1) is 14.8. The molecule has 1 saturated heterocycles. The number of hydrogen-bond donors (Lipinski definition) is 1. The van der Waals surface area contributed by atoms with Gasteiger partial charge in [0.15, 0.2) is 0 Å². The van der Waals surface area contributed by atoms with Gasteiger partial charge in [-0.1, -0.05) is 37.3 Å². The average Bonchev–Trinajstić information content (AvgIpc) is 3.16. The van der Waals surface area contributed by atoms with Gasteiger partial charge in [-0.05, 0) is 49.1 Å². The highest BCUT2D eigenvalue weighted by Gasteiger charge is 2.27. The molecule has 164 valence electrons. The number of aromatic nitrogens is 3. The van der Waals surface area contributed by atoms with E-state index in [4.69, 9.17) is 0 Å². The van der Waals surface area contributed by atoms with Crippen LogP contribution in [-0.2, 0) is 16.6 Å². The fourth-order valence-corrected chi connectivity index (χ4v) is 5.43. The summed E-state index contributed by atoms with van der Waals surface area (Å²) < 4.78 is 28.1. The molecular formula is C22H27N5O3S. The highest BCUT2D eigenvalue weighted by Crippen LogP contribution is 2.24. The molecule has 1 aliphatic heterocycles. The third-order valence-electron chi connectivity index (χ3n) is 5.66. The second-order valence-electron chi connectivity index (χ2n) is 8.23. The van der Waals surface area contributed by atoms with Crippen LogP contribution in [0.1, 0.15) is 37.0 Å². The number of nitrogens with zero attached hydrogens (tertiary/aromatic N) is 4. The van der Waals surface area contributed by atoms with Gasteiger partial charge in [0.2, 0.25) is 10.0 Å². The number of amides is 1. The first-order valence-corrected chi connectivity index (χ1v) is 12.2. The number of fused-ring (bicyclic) bond motifs is 1. The van der Waals surface area contributed by atoms with Gasteiger partial charge in [0, 0.05) is 12.1 Å². The van der Waals surface area contributed by atoms with Crippen LogP contribution in [0.25, 0.3) is 11.0 Å². The summed E-state index contributed by atoms with van der Waals surface area (Å²) in [6, 6.07) is 14.4. The number of nitrogens with one attached hydrogen (secondary N) is 1. The van der Waals surface area contributed by atoms with Gasteiger partial charge in [-0.15, -0.1) is 5.10 Å². The Kier molecular flexibility index (Phi) is 5.95. The Morgan fingerprint density at radius 2 is 1.94 bits per heavy atom. The van der Waals surface area contributed by atoms with Gasteiger partial charge in [-0.25, -0.2) is 13.1 Å². The van der Waals surface area contributed by atoms with Crippen LogP contribution in [-0.4, -0.2) is 47.7 Å². The summed E-state index contributed by atoms with van der Waals surface area (Å²) in [6.45, 7) is 5.02. The Balaban J connectivity index is 1.53. The van der Waals surface area contributed by atoms with Crippen LogP contribution in [0, 0.1) is 5.92 Å². The molecule has 2 aromatic carbocycles. The fraction of sp³-hybridized carbons (Fsp3) is 0.409. The summed E-state index contributed by atoms with van der Waals surface area (Å²) in [5.74, 6) is 0.0713.